The number of fused-ring (bicyclic) bond motifs is 1. The number of nitrogens with one attached hydrogen (secondary N) is 2. The van der Waals surface area contributed by atoms with Gasteiger partial charge in [-0.15, -0.1) is 0 Å². The maximum atomic E-state index is 13.2. The van der Waals surface area contributed by atoms with Crippen LogP contribution in [0.3, 0.4) is 0 Å². The minimum Gasteiger partial charge on any atom is -0.377 e. The number of carbonyl (C=O) groups is 3. The van der Waals surface area contributed by atoms with E-state index in [-0.39, 0.29) is 12.5 Å². The van der Waals surface area contributed by atoms with E-state index in [2.05, 4.69) is 10.6 Å². The minimum atomic E-state index is -1.23. The average Bonchev–Trinajstić information content (AvgIpc) is 3.05. The van der Waals surface area contributed by atoms with Crippen LogP contribution < -0.4 is 10.6 Å². The van der Waals surface area contributed by atoms with Gasteiger partial charge in [-0.05, 0) is 35.2 Å². The van der Waals surface area contributed by atoms with Gasteiger partial charge in [-0.1, -0.05) is 72.8 Å². The van der Waals surface area contributed by atoms with Gasteiger partial charge in [0.1, 0.15) is 12.1 Å². The smallest absolute Gasteiger partial charge is 0.325 e. The molecule has 0 aliphatic carbocycles. The van der Waals surface area contributed by atoms with Crippen LogP contribution in [0.15, 0.2) is 72.8 Å². The number of benzene rings is 3. The Balaban J connectivity index is 1.30. The molecule has 1 saturated heterocycles. The van der Waals surface area contributed by atoms with Crippen LogP contribution in [0.25, 0.3) is 10.8 Å². The van der Waals surface area contributed by atoms with Crippen LogP contribution in [-0.4, -0.2) is 42.4 Å². The normalized spacial score (nSPS) is 17.9. The third-order valence-corrected chi connectivity index (χ3v) is 5.80. The van der Waals surface area contributed by atoms with Crippen LogP contribution in [-0.2, 0) is 26.5 Å². The lowest BCUT2D eigenvalue weighted by Crippen LogP contribution is -2.43. The molecule has 1 aliphatic heterocycles. The van der Waals surface area contributed by atoms with Gasteiger partial charge < -0.3 is 15.4 Å². The highest BCUT2D eigenvalue weighted by atomic mass is 16.5. The van der Waals surface area contributed by atoms with Crippen molar-refractivity contribution in [1.29, 1.82) is 0 Å². The molecule has 1 unspecified atom stereocenters. The van der Waals surface area contributed by atoms with E-state index in [0.717, 1.165) is 21.2 Å². The lowest BCUT2D eigenvalue weighted by atomic mass is 9.88. The average molecular weight is 446 g/mol. The van der Waals surface area contributed by atoms with Crippen molar-refractivity contribution in [2.75, 3.05) is 19.7 Å². The molecule has 1 atom stereocenters. The molecule has 0 radical (unpaired) electrons. The van der Waals surface area contributed by atoms with Crippen molar-refractivity contribution >= 4 is 28.6 Å². The molecule has 0 aromatic heterocycles. The summed E-state index contributed by atoms with van der Waals surface area (Å²) in [5, 5.41) is 7.40. The van der Waals surface area contributed by atoms with E-state index in [9.17, 15) is 14.4 Å². The first kappa shape index (κ1) is 22.5. The molecular formula is C26H27N3O4. The lowest BCUT2D eigenvalue weighted by molar-refractivity contribution is -0.134. The van der Waals surface area contributed by atoms with Crippen molar-refractivity contribution < 1.29 is 19.1 Å². The number of imide groups is 1. The standard InChI is InChI=1S/C26H27N3O4/c1-26(22-14-7-12-20-11-5-6-13-21(20)22)24(31)29(25(32)28-26)17-23(30)27-15-8-16-33-18-19-9-3-2-4-10-19/h2-7,9-14H,8,15-18H2,1H3,(H,27,30)(H,28,32). The summed E-state index contributed by atoms with van der Waals surface area (Å²) >= 11 is 0. The molecule has 1 heterocycles. The van der Waals surface area contributed by atoms with Gasteiger partial charge in [0.25, 0.3) is 5.91 Å². The molecule has 0 spiro atoms. The molecule has 3 aromatic carbocycles. The van der Waals surface area contributed by atoms with Crippen molar-refractivity contribution in [3.05, 3.63) is 83.9 Å². The summed E-state index contributed by atoms with van der Waals surface area (Å²) in [7, 11) is 0. The summed E-state index contributed by atoms with van der Waals surface area (Å²) in [4.78, 5) is 39.2. The summed E-state index contributed by atoms with van der Waals surface area (Å²) in [6, 6.07) is 22.6. The number of hydrogen-bond acceptors (Lipinski definition) is 4. The maximum Gasteiger partial charge on any atom is 0.325 e. The van der Waals surface area contributed by atoms with E-state index in [1.165, 1.54) is 0 Å². The highest BCUT2D eigenvalue weighted by Gasteiger charge is 2.50. The van der Waals surface area contributed by atoms with Crippen LogP contribution in [0.4, 0.5) is 4.79 Å². The third kappa shape index (κ3) is 4.88. The number of rotatable bonds is 9. The van der Waals surface area contributed by atoms with Crippen molar-refractivity contribution in [2.24, 2.45) is 0 Å². The van der Waals surface area contributed by atoms with Gasteiger partial charge in [0.2, 0.25) is 5.91 Å². The quantitative estimate of drug-likeness (QED) is 0.391. The van der Waals surface area contributed by atoms with E-state index >= 15 is 0 Å². The maximum absolute atomic E-state index is 13.2. The predicted octanol–water partition coefficient (Wildman–Crippen LogP) is 3.33. The van der Waals surface area contributed by atoms with E-state index in [1.807, 2.05) is 72.8 Å². The Bertz CT molecular complexity index is 1160. The second kappa shape index (κ2) is 9.83. The molecule has 33 heavy (non-hydrogen) atoms. The van der Waals surface area contributed by atoms with Crippen molar-refractivity contribution in [3.8, 4) is 0 Å². The molecule has 2 N–H and O–H groups in total. The topological polar surface area (TPSA) is 87.7 Å². The minimum absolute atomic E-state index is 0.324. The molecule has 0 saturated carbocycles. The molecule has 4 amide bonds. The van der Waals surface area contributed by atoms with E-state index in [1.54, 1.807) is 6.92 Å². The van der Waals surface area contributed by atoms with E-state index in [4.69, 9.17) is 4.74 Å². The van der Waals surface area contributed by atoms with Crippen LogP contribution in [0.5, 0.6) is 0 Å². The number of amides is 4. The molecule has 0 bridgehead atoms. The van der Waals surface area contributed by atoms with Gasteiger partial charge in [-0.3, -0.25) is 14.5 Å². The van der Waals surface area contributed by atoms with Crippen LogP contribution in [0, 0.1) is 0 Å². The number of ether oxygens (including phenoxy) is 1. The monoisotopic (exact) mass is 445 g/mol. The summed E-state index contributed by atoms with van der Waals surface area (Å²) in [5.74, 6) is -0.825. The van der Waals surface area contributed by atoms with E-state index in [0.29, 0.717) is 31.7 Å². The molecule has 170 valence electrons. The molecule has 7 nitrogen and oxygen atoms in total. The van der Waals surface area contributed by atoms with Gasteiger partial charge in [0, 0.05) is 13.2 Å². The van der Waals surface area contributed by atoms with Gasteiger partial charge in [0.05, 0.1) is 6.61 Å². The second-order valence-corrected chi connectivity index (χ2v) is 8.21. The Morgan fingerprint density at radius 2 is 1.73 bits per heavy atom. The van der Waals surface area contributed by atoms with Gasteiger partial charge in [-0.25, -0.2) is 4.79 Å². The van der Waals surface area contributed by atoms with Crippen molar-refractivity contribution in [3.63, 3.8) is 0 Å². The summed E-state index contributed by atoms with van der Waals surface area (Å²) in [6.07, 6.45) is 0.631. The highest BCUT2D eigenvalue weighted by Crippen LogP contribution is 2.33. The number of urea groups is 1. The predicted molar refractivity (Wildman–Crippen MR) is 125 cm³/mol. The van der Waals surface area contributed by atoms with Crippen LogP contribution >= 0.6 is 0 Å². The van der Waals surface area contributed by atoms with Crippen molar-refractivity contribution in [1.82, 2.24) is 15.5 Å². The number of nitrogens with zero attached hydrogens (tertiary/aromatic N) is 1. The van der Waals surface area contributed by atoms with Gasteiger partial charge in [-0.2, -0.15) is 0 Å². The Morgan fingerprint density at radius 1 is 1.00 bits per heavy atom. The Hall–Kier alpha value is -3.71. The first-order valence-electron chi connectivity index (χ1n) is 11.0. The zero-order valence-corrected chi connectivity index (χ0v) is 18.5. The fraction of sp³-hybridized carbons (Fsp3) is 0.269. The highest BCUT2D eigenvalue weighted by molar-refractivity contribution is 6.10. The fourth-order valence-electron chi connectivity index (χ4n) is 4.05. The molecule has 1 fully saturated rings. The number of hydrogen-bond donors (Lipinski definition) is 2. The summed E-state index contributed by atoms with van der Waals surface area (Å²) in [5.41, 5.74) is 0.565. The van der Waals surface area contributed by atoms with Crippen LogP contribution in [0.1, 0.15) is 24.5 Å². The largest absolute Gasteiger partial charge is 0.377 e. The molecule has 1 aliphatic rings. The molecule has 3 aromatic rings. The van der Waals surface area contributed by atoms with Crippen molar-refractivity contribution in [2.45, 2.75) is 25.5 Å². The Kier molecular flexibility index (Phi) is 6.70. The molecule has 7 heteroatoms. The first-order valence-corrected chi connectivity index (χ1v) is 11.0. The molecule has 4 rings (SSSR count). The summed E-state index contributed by atoms with van der Waals surface area (Å²) < 4.78 is 5.60. The lowest BCUT2D eigenvalue weighted by Gasteiger charge is -2.24. The van der Waals surface area contributed by atoms with E-state index < -0.39 is 17.5 Å². The van der Waals surface area contributed by atoms with Crippen LogP contribution in [0.2, 0.25) is 0 Å². The number of carbonyl (C=O) groups excluding carboxylic acids is 3. The van der Waals surface area contributed by atoms with Gasteiger partial charge >= 0.3 is 6.03 Å². The second-order valence-electron chi connectivity index (χ2n) is 8.21. The SMILES string of the molecule is CC1(c2cccc3ccccc23)NC(=O)N(CC(=O)NCCCOCc2ccccc2)C1=O. The Morgan fingerprint density at radius 3 is 2.55 bits per heavy atom. The van der Waals surface area contributed by atoms with Gasteiger partial charge in [0.15, 0.2) is 0 Å². The summed E-state index contributed by atoms with van der Waals surface area (Å²) in [6.45, 7) is 2.77. The fourth-order valence-corrected chi connectivity index (χ4v) is 4.05. The third-order valence-electron chi connectivity index (χ3n) is 5.80. The zero-order valence-electron chi connectivity index (χ0n) is 18.5. The Labute approximate surface area is 192 Å². The molecular weight excluding hydrogens is 418 g/mol. The first-order chi connectivity index (χ1) is 16.0. The zero-order chi connectivity index (χ0) is 23.3.